The van der Waals surface area contributed by atoms with E-state index in [9.17, 15) is 4.79 Å². The van der Waals surface area contributed by atoms with Gasteiger partial charge in [-0.1, -0.05) is 25.1 Å². The number of ether oxygens (including phenoxy) is 1. The van der Waals surface area contributed by atoms with Crippen molar-refractivity contribution in [3.63, 3.8) is 0 Å². The highest BCUT2D eigenvalue weighted by Gasteiger charge is 2.25. The normalized spacial score (nSPS) is 21.4. The van der Waals surface area contributed by atoms with Gasteiger partial charge in [0.25, 0.3) is 5.91 Å². The molecule has 98 valence electrons. The van der Waals surface area contributed by atoms with Crippen molar-refractivity contribution in [2.75, 3.05) is 13.1 Å². The molecule has 1 amide bonds. The summed E-state index contributed by atoms with van der Waals surface area (Å²) in [6.45, 7) is 5.75. The van der Waals surface area contributed by atoms with Crippen LogP contribution in [0.4, 0.5) is 0 Å². The minimum Gasteiger partial charge on any atom is -0.481 e. The summed E-state index contributed by atoms with van der Waals surface area (Å²) in [5, 5.41) is 0. The Hall–Kier alpha value is -1.51. The average Bonchev–Trinajstić information content (AvgIpc) is 2.39. The molecule has 18 heavy (non-hydrogen) atoms. The summed E-state index contributed by atoms with van der Waals surface area (Å²) in [4.78, 5) is 14.2. The first-order valence-corrected chi connectivity index (χ1v) is 6.67. The van der Waals surface area contributed by atoms with Gasteiger partial charge in [-0.15, -0.1) is 0 Å². The van der Waals surface area contributed by atoms with Gasteiger partial charge in [0, 0.05) is 13.1 Å². The first-order valence-electron chi connectivity index (χ1n) is 6.67. The standard InChI is InChI=1S/C15H21NO2/c1-12-7-6-10-16(11-12)15(17)13(2)18-14-8-4-3-5-9-14/h3-5,8-9,12-13H,6-7,10-11H2,1-2H3/t12-,13-/m0/s1. The number of piperidine rings is 1. The Morgan fingerprint density at radius 3 is 2.78 bits per heavy atom. The zero-order valence-electron chi connectivity index (χ0n) is 11.1. The summed E-state index contributed by atoms with van der Waals surface area (Å²) in [6, 6.07) is 9.52. The minimum atomic E-state index is -0.405. The number of hydrogen-bond donors (Lipinski definition) is 0. The van der Waals surface area contributed by atoms with Crippen LogP contribution in [0, 0.1) is 5.92 Å². The van der Waals surface area contributed by atoms with Gasteiger partial charge in [0.2, 0.25) is 0 Å². The van der Waals surface area contributed by atoms with Crippen molar-refractivity contribution in [1.82, 2.24) is 4.90 Å². The molecule has 1 aliphatic heterocycles. The Kier molecular flexibility index (Phi) is 4.24. The monoisotopic (exact) mass is 247 g/mol. The van der Waals surface area contributed by atoms with E-state index in [4.69, 9.17) is 4.74 Å². The van der Waals surface area contributed by atoms with E-state index in [2.05, 4.69) is 6.92 Å². The van der Waals surface area contributed by atoms with Crippen LogP contribution >= 0.6 is 0 Å². The lowest BCUT2D eigenvalue weighted by Gasteiger charge is -2.32. The minimum absolute atomic E-state index is 0.102. The zero-order valence-corrected chi connectivity index (χ0v) is 11.1. The molecular formula is C15H21NO2. The highest BCUT2D eigenvalue weighted by Crippen LogP contribution is 2.18. The molecule has 0 aromatic heterocycles. The number of rotatable bonds is 3. The number of benzene rings is 1. The molecular weight excluding hydrogens is 226 g/mol. The predicted molar refractivity (Wildman–Crippen MR) is 71.5 cm³/mol. The molecule has 1 saturated heterocycles. The number of carbonyl (C=O) groups is 1. The van der Waals surface area contributed by atoms with Crippen molar-refractivity contribution < 1.29 is 9.53 Å². The van der Waals surface area contributed by atoms with Crippen LogP contribution in [0.1, 0.15) is 26.7 Å². The van der Waals surface area contributed by atoms with Crippen molar-refractivity contribution in [3.05, 3.63) is 30.3 Å². The summed E-state index contributed by atoms with van der Waals surface area (Å²) >= 11 is 0. The van der Waals surface area contributed by atoms with Crippen molar-refractivity contribution in [2.24, 2.45) is 5.92 Å². The van der Waals surface area contributed by atoms with Gasteiger partial charge in [0.15, 0.2) is 6.10 Å². The summed E-state index contributed by atoms with van der Waals surface area (Å²) in [5.74, 6) is 1.46. The fraction of sp³-hybridized carbons (Fsp3) is 0.533. The lowest BCUT2D eigenvalue weighted by Crippen LogP contribution is -2.45. The van der Waals surface area contributed by atoms with Crippen LogP contribution in [0.3, 0.4) is 0 Å². The molecule has 2 atom stereocenters. The molecule has 0 aliphatic carbocycles. The van der Waals surface area contributed by atoms with Crippen LogP contribution in [0.15, 0.2) is 30.3 Å². The number of nitrogens with zero attached hydrogens (tertiary/aromatic N) is 1. The van der Waals surface area contributed by atoms with Crippen molar-refractivity contribution >= 4 is 5.91 Å². The molecule has 3 nitrogen and oxygen atoms in total. The molecule has 0 N–H and O–H groups in total. The number of para-hydroxylation sites is 1. The van der Waals surface area contributed by atoms with E-state index in [0.717, 1.165) is 25.3 Å². The zero-order chi connectivity index (χ0) is 13.0. The van der Waals surface area contributed by atoms with Crippen molar-refractivity contribution in [1.29, 1.82) is 0 Å². The maximum Gasteiger partial charge on any atom is 0.263 e. The third-order valence-corrected chi connectivity index (χ3v) is 3.37. The Balaban J connectivity index is 1.92. The third kappa shape index (κ3) is 3.25. The van der Waals surface area contributed by atoms with Crippen LogP contribution < -0.4 is 4.74 Å². The molecule has 1 fully saturated rings. The van der Waals surface area contributed by atoms with Gasteiger partial charge in [0.1, 0.15) is 5.75 Å². The fourth-order valence-corrected chi connectivity index (χ4v) is 2.40. The van der Waals surface area contributed by atoms with Gasteiger partial charge in [0.05, 0.1) is 0 Å². The first-order chi connectivity index (χ1) is 8.66. The fourth-order valence-electron chi connectivity index (χ4n) is 2.40. The van der Waals surface area contributed by atoms with E-state index < -0.39 is 6.10 Å². The highest BCUT2D eigenvalue weighted by atomic mass is 16.5. The predicted octanol–water partition coefficient (Wildman–Crippen LogP) is 2.71. The first kappa shape index (κ1) is 12.9. The number of amides is 1. The molecule has 1 aromatic rings. The molecule has 2 rings (SSSR count). The smallest absolute Gasteiger partial charge is 0.263 e. The second kappa shape index (κ2) is 5.89. The van der Waals surface area contributed by atoms with Gasteiger partial charge >= 0.3 is 0 Å². The second-order valence-corrected chi connectivity index (χ2v) is 5.10. The van der Waals surface area contributed by atoms with E-state index in [-0.39, 0.29) is 5.91 Å². The molecule has 0 saturated carbocycles. The quantitative estimate of drug-likeness (QED) is 0.822. The number of likely N-dealkylation sites (tertiary alicyclic amines) is 1. The van der Waals surface area contributed by atoms with Gasteiger partial charge in [-0.2, -0.15) is 0 Å². The molecule has 1 heterocycles. The second-order valence-electron chi connectivity index (χ2n) is 5.10. The van der Waals surface area contributed by atoms with E-state index in [1.807, 2.05) is 42.2 Å². The van der Waals surface area contributed by atoms with Gasteiger partial charge in [-0.3, -0.25) is 4.79 Å². The lowest BCUT2D eigenvalue weighted by molar-refractivity contribution is -0.139. The number of hydrogen-bond acceptors (Lipinski definition) is 2. The topological polar surface area (TPSA) is 29.5 Å². The van der Waals surface area contributed by atoms with Crippen molar-refractivity contribution in [2.45, 2.75) is 32.8 Å². The van der Waals surface area contributed by atoms with Gasteiger partial charge < -0.3 is 9.64 Å². The third-order valence-electron chi connectivity index (χ3n) is 3.37. The molecule has 0 spiro atoms. The van der Waals surface area contributed by atoms with Crippen molar-refractivity contribution in [3.8, 4) is 5.75 Å². The SMILES string of the molecule is C[C@H]1CCCN(C(=O)[C@H](C)Oc2ccccc2)C1. The maximum absolute atomic E-state index is 12.2. The Morgan fingerprint density at radius 2 is 2.11 bits per heavy atom. The largest absolute Gasteiger partial charge is 0.481 e. The average molecular weight is 247 g/mol. The van der Waals surface area contributed by atoms with Crippen LogP contribution in [0.25, 0.3) is 0 Å². The Morgan fingerprint density at radius 1 is 1.39 bits per heavy atom. The van der Waals surface area contributed by atoms with Gasteiger partial charge in [-0.25, -0.2) is 0 Å². The van der Waals surface area contributed by atoms with Crippen LogP contribution in [0.5, 0.6) is 5.75 Å². The molecule has 0 bridgehead atoms. The van der Waals surface area contributed by atoms with E-state index in [0.29, 0.717) is 5.92 Å². The van der Waals surface area contributed by atoms with E-state index in [1.54, 1.807) is 0 Å². The van der Waals surface area contributed by atoms with Crippen LogP contribution in [-0.2, 0) is 4.79 Å². The summed E-state index contributed by atoms with van der Waals surface area (Å²) in [6.07, 6.45) is 1.92. The molecule has 1 aromatic carbocycles. The molecule has 1 aliphatic rings. The Bertz CT molecular complexity index is 391. The summed E-state index contributed by atoms with van der Waals surface area (Å²) < 4.78 is 5.67. The molecule has 3 heteroatoms. The van der Waals surface area contributed by atoms with E-state index in [1.165, 1.54) is 6.42 Å². The number of carbonyl (C=O) groups excluding carboxylic acids is 1. The van der Waals surface area contributed by atoms with Gasteiger partial charge in [-0.05, 0) is 37.8 Å². The van der Waals surface area contributed by atoms with E-state index >= 15 is 0 Å². The summed E-state index contributed by atoms with van der Waals surface area (Å²) in [7, 11) is 0. The van der Waals surface area contributed by atoms with Crippen LogP contribution in [0.2, 0.25) is 0 Å². The molecule has 0 radical (unpaired) electrons. The Labute approximate surface area is 109 Å². The maximum atomic E-state index is 12.2. The molecule has 0 unspecified atom stereocenters. The lowest BCUT2D eigenvalue weighted by atomic mass is 10.00. The summed E-state index contributed by atoms with van der Waals surface area (Å²) in [5.41, 5.74) is 0. The van der Waals surface area contributed by atoms with Crippen LogP contribution in [-0.4, -0.2) is 30.0 Å². The highest BCUT2D eigenvalue weighted by molar-refractivity contribution is 5.81.